The monoisotopic (exact) mass is 366 g/mol. The molecule has 0 spiro atoms. The Labute approximate surface area is 155 Å². The van der Waals surface area contributed by atoms with E-state index < -0.39 is 0 Å². The van der Waals surface area contributed by atoms with Crippen molar-refractivity contribution in [2.75, 3.05) is 16.0 Å². The minimum absolute atomic E-state index is 0.165. The second kappa shape index (κ2) is 8.26. The molecule has 1 heterocycles. The van der Waals surface area contributed by atoms with Gasteiger partial charge in [-0.25, -0.2) is 4.98 Å². The van der Waals surface area contributed by atoms with Crippen LogP contribution in [-0.2, 0) is 11.3 Å². The molecule has 0 saturated carbocycles. The molecule has 0 aliphatic carbocycles. The first-order valence-corrected chi connectivity index (χ1v) is 8.90. The lowest BCUT2D eigenvalue weighted by atomic mass is 10.2. The molecular weight excluding hydrogens is 348 g/mol. The Morgan fingerprint density at radius 3 is 2.46 bits per heavy atom. The van der Waals surface area contributed by atoms with Crippen LogP contribution in [0.2, 0.25) is 0 Å². The Morgan fingerprint density at radius 2 is 1.73 bits per heavy atom. The number of nitrogens with one attached hydrogen (secondary N) is 3. The average Bonchev–Trinajstić information content (AvgIpc) is 3.10. The summed E-state index contributed by atoms with van der Waals surface area (Å²) in [5.41, 5.74) is 2.70. The van der Waals surface area contributed by atoms with Crippen molar-refractivity contribution in [3.63, 3.8) is 0 Å². The number of benzene rings is 2. The standard InChI is InChI=1S/C19H18N4O2S/c1-13(24)21-15-8-5-9-16(10-15)22-18(25)17-12-26-19(23-17)20-11-14-6-3-2-4-7-14/h2-10,12H,11H2,1H3,(H,20,23)(H,21,24)(H,22,25). The highest BCUT2D eigenvalue weighted by molar-refractivity contribution is 7.13. The number of thiazole rings is 1. The van der Waals surface area contributed by atoms with E-state index >= 15 is 0 Å². The van der Waals surface area contributed by atoms with Gasteiger partial charge in [0.25, 0.3) is 5.91 Å². The van der Waals surface area contributed by atoms with Crippen LogP contribution in [0.5, 0.6) is 0 Å². The topological polar surface area (TPSA) is 83.1 Å². The van der Waals surface area contributed by atoms with Crippen LogP contribution in [0.3, 0.4) is 0 Å². The molecule has 0 aliphatic rings. The summed E-state index contributed by atoms with van der Waals surface area (Å²) < 4.78 is 0. The van der Waals surface area contributed by atoms with E-state index in [1.807, 2.05) is 30.3 Å². The molecule has 0 unspecified atom stereocenters. The Kier molecular flexibility index (Phi) is 5.60. The van der Waals surface area contributed by atoms with E-state index in [1.54, 1.807) is 29.6 Å². The van der Waals surface area contributed by atoms with Crippen molar-refractivity contribution < 1.29 is 9.59 Å². The van der Waals surface area contributed by atoms with E-state index in [9.17, 15) is 9.59 Å². The van der Waals surface area contributed by atoms with Gasteiger partial charge in [-0.05, 0) is 23.8 Å². The molecule has 3 rings (SSSR count). The Hall–Kier alpha value is -3.19. The van der Waals surface area contributed by atoms with Gasteiger partial charge in [-0.1, -0.05) is 36.4 Å². The molecule has 2 amide bonds. The summed E-state index contributed by atoms with van der Waals surface area (Å²) in [6, 6.07) is 16.9. The number of hydrogen-bond donors (Lipinski definition) is 3. The summed E-state index contributed by atoms with van der Waals surface area (Å²) in [6.07, 6.45) is 0. The molecule has 3 aromatic rings. The fraction of sp³-hybridized carbons (Fsp3) is 0.105. The summed E-state index contributed by atoms with van der Waals surface area (Å²) in [4.78, 5) is 27.8. The van der Waals surface area contributed by atoms with E-state index in [4.69, 9.17) is 0 Å². The van der Waals surface area contributed by atoms with E-state index in [0.717, 1.165) is 5.56 Å². The van der Waals surface area contributed by atoms with Gasteiger partial charge in [-0.15, -0.1) is 11.3 Å². The second-order valence-corrected chi connectivity index (χ2v) is 6.45. The van der Waals surface area contributed by atoms with E-state index in [2.05, 4.69) is 20.9 Å². The van der Waals surface area contributed by atoms with Crippen LogP contribution >= 0.6 is 11.3 Å². The molecule has 0 aliphatic heterocycles. The quantitative estimate of drug-likeness (QED) is 0.616. The lowest BCUT2D eigenvalue weighted by Gasteiger charge is -2.06. The van der Waals surface area contributed by atoms with E-state index in [-0.39, 0.29) is 11.8 Å². The molecule has 7 heteroatoms. The molecule has 0 radical (unpaired) electrons. The van der Waals surface area contributed by atoms with Gasteiger partial charge < -0.3 is 16.0 Å². The van der Waals surface area contributed by atoms with Gasteiger partial charge in [0.2, 0.25) is 5.91 Å². The van der Waals surface area contributed by atoms with Gasteiger partial charge in [0.05, 0.1) is 0 Å². The third kappa shape index (κ3) is 4.90. The fourth-order valence-electron chi connectivity index (χ4n) is 2.31. The number of amides is 2. The Morgan fingerprint density at radius 1 is 1.00 bits per heavy atom. The highest BCUT2D eigenvalue weighted by Gasteiger charge is 2.11. The molecule has 26 heavy (non-hydrogen) atoms. The SMILES string of the molecule is CC(=O)Nc1cccc(NC(=O)c2csc(NCc3ccccc3)n2)c1. The van der Waals surface area contributed by atoms with Gasteiger partial charge >= 0.3 is 0 Å². The number of aromatic nitrogens is 1. The first-order valence-electron chi connectivity index (χ1n) is 8.02. The van der Waals surface area contributed by atoms with Crippen LogP contribution in [0.25, 0.3) is 0 Å². The van der Waals surface area contributed by atoms with Crippen LogP contribution in [0, 0.1) is 0 Å². The predicted octanol–water partition coefficient (Wildman–Crippen LogP) is 3.97. The molecular formula is C19H18N4O2S. The maximum absolute atomic E-state index is 12.4. The van der Waals surface area contributed by atoms with Crippen molar-refractivity contribution in [3.8, 4) is 0 Å². The van der Waals surface area contributed by atoms with Crippen LogP contribution in [0.4, 0.5) is 16.5 Å². The van der Waals surface area contributed by atoms with Gasteiger partial charge in [-0.3, -0.25) is 9.59 Å². The first kappa shape index (κ1) is 17.6. The van der Waals surface area contributed by atoms with Crippen LogP contribution in [0.1, 0.15) is 23.0 Å². The fourth-order valence-corrected chi connectivity index (χ4v) is 3.00. The zero-order valence-electron chi connectivity index (χ0n) is 14.2. The van der Waals surface area contributed by atoms with Crippen molar-refractivity contribution in [1.29, 1.82) is 0 Å². The maximum atomic E-state index is 12.4. The number of nitrogens with zero attached hydrogens (tertiary/aromatic N) is 1. The lowest BCUT2D eigenvalue weighted by Crippen LogP contribution is -2.13. The summed E-state index contributed by atoms with van der Waals surface area (Å²) in [7, 11) is 0. The van der Waals surface area contributed by atoms with Crippen molar-refractivity contribution in [1.82, 2.24) is 4.98 Å². The normalized spacial score (nSPS) is 10.2. The molecule has 0 atom stereocenters. The molecule has 0 fully saturated rings. The van der Waals surface area contributed by atoms with Crippen LogP contribution in [-0.4, -0.2) is 16.8 Å². The molecule has 3 N–H and O–H groups in total. The van der Waals surface area contributed by atoms with Gasteiger partial charge in [-0.2, -0.15) is 0 Å². The Bertz CT molecular complexity index is 909. The van der Waals surface area contributed by atoms with Crippen molar-refractivity contribution in [2.24, 2.45) is 0 Å². The molecule has 132 valence electrons. The first-order chi connectivity index (χ1) is 12.6. The highest BCUT2D eigenvalue weighted by Crippen LogP contribution is 2.19. The third-order valence-electron chi connectivity index (χ3n) is 3.46. The van der Waals surface area contributed by atoms with Crippen LogP contribution in [0.15, 0.2) is 60.0 Å². The number of rotatable bonds is 6. The van der Waals surface area contributed by atoms with Gasteiger partial charge in [0, 0.05) is 30.2 Å². The number of hydrogen-bond acceptors (Lipinski definition) is 5. The predicted molar refractivity (Wildman–Crippen MR) is 105 cm³/mol. The largest absolute Gasteiger partial charge is 0.357 e. The molecule has 0 bridgehead atoms. The zero-order valence-corrected chi connectivity index (χ0v) is 15.0. The lowest BCUT2D eigenvalue weighted by molar-refractivity contribution is -0.114. The molecule has 6 nitrogen and oxygen atoms in total. The molecule has 1 aromatic heterocycles. The Balaban J connectivity index is 1.60. The van der Waals surface area contributed by atoms with Crippen molar-refractivity contribution in [2.45, 2.75) is 13.5 Å². The van der Waals surface area contributed by atoms with Crippen LogP contribution < -0.4 is 16.0 Å². The number of carbonyl (C=O) groups excluding carboxylic acids is 2. The van der Waals surface area contributed by atoms with E-state index in [0.29, 0.717) is 28.7 Å². The second-order valence-electron chi connectivity index (χ2n) is 5.59. The van der Waals surface area contributed by atoms with Crippen molar-refractivity contribution in [3.05, 3.63) is 71.2 Å². The summed E-state index contributed by atoms with van der Waals surface area (Å²) in [6.45, 7) is 2.08. The van der Waals surface area contributed by atoms with E-state index in [1.165, 1.54) is 18.3 Å². The summed E-state index contributed by atoms with van der Waals surface area (Å²) in [5.74, 6) is -0.462. The smallest absolute Gasteiger partial charge is 0.275 e. The third-order valence-corrected chi connectivity index (χ3v) is 4.26. The number of anilines is 3. The highest BCUT2D eigenvalue weighted by atomic mass is 32.1. The maximum Gasteiger partial charge on any atom is 0.275 e. The van der Waals surface area contributed by atoms with Crippen molar-refractivity contribution >= 4 is 39.7 Å². The number of carbonyl (C=O) groups is 2. The summed E-state index contributed by atoms with van der Waals surface area (Å²) in [5, 5.41) is 11.1. The van der Waals surface area contributed by atoms with Gasteiger partial charge in [0.1, 0.15) is 5.69 Å². The average molecular weight is 366 g/mol. The zero-order chi connectivity index (χ0) is 18.4. The molecule has 2 aromatic carbocycles. The molecule has 0 saturated heterocycles. The summed E-state index contributed by atoms with van der Waals surface area (Å²) >= 11 is 1.38. The van der Waals surface area contributed by atoms with Gasteiger partial charge in [0.15, 0.2) is 5.13 Å². The minimum Gasteiger partial charge on any atom is -0.357 e. The minimum atomic E-state index is -0.297.